The summed E-state index contributed by atoms with van der Waals surface area (Å²) in [4.78, 5) is 12.1. The average molecular weight is 260 g/mol. The standard InChI is InChI=1S/C13H16N4O2/c1-3-8-14-11-7-5-4-6-10(11)12(18)15-13-17-16-9(2)19-13/h4-7,14H,3,8H2,1-2H3,(H,15,17,18). The van der Waals surface area contributed by atoms with Gasteiger partial charge in [0.1, 0.15) is 0 Å². The normalized spacial score (nSPS) is 10.2. The van der Waals surface area contributed by atoms with Crippen molar-refractivity contribution >= 4 is 17.6 Å². The van der Waals surface area contributed by atoms with Crippen molar-refractivity contribution in [3.63, 3.8) is 0 Å². The number of hydrogen-bond donors (Lipinski definition) is 2. The first-order valence-electron chi connectivity index (χ1n) is 6.15. The lowest BCUT2D eigenvalue weighted by Gasteiger charge is -2.09. The van der Waals surface area contributed by atoms with Crippen molar-refractivity contribution in [2.75, 3.05) is 17.2 Å². The van der Waals surface area contributed by atoms with Gasteiger partial charge in [-0.25, -0.2) is 0 Å². The van der Waals surface area contributed by atoms with Crippen LogP contribution >= 0.6 is 0 Å². The summed E-state index contributed by atoms with van der Waals surface area (Å²) in [5.41, 5.74) is 1.34. The zero-order chi connectivity index (χ0) is 13.7. The van der Waals surface area contributed by atoms with Gasteiger partial charge in [-0.15, -0.1) is 5.10 Å². The highest BCUT2D eigenvalue weighted by Crippen LogP contribution is 2.16. The number of hydrogen-bond acceptors (Lipinski definition) is 5. The Morgan fingerprint density at radius 2 is 2.11 bits per heavy atom. The van der Waals surface area contributed by atoms with E-state index in [1.165, 1.54) is 0 Å². The van der Waals surface area contributed by atoms with Crippen LogP contribution in [0, 0.1) is 6.92 Å². The van der Waals surface area contributed by atoms with Gasteiger partial charge in [0, 0.05) is 19.2 Å². The number of carbonyl (C=O) groups is 1. The van der Waals surface area contributed by atoms with Crippen LogP contribution in [0.4, 0.5) is 11.7 Å². The zero-order valence-electron chi connectivity index (χ0n) is 10.9. The Bertz CT molecular complexity index is 565. The molecule has 0 spiro atoms. The number of aromatic nitrogens is 2. The lowest BCUT2D eigenvalue weighted by molar-refractivity contribution is 0.102. The summed E-state index contributed by atoms with van der Waals surface area (Å²) < 4.78 is 5.12. The summed E-state index contributed by atoms with van der Waals surface area (Å²) in [6.45, 7) is 4.54. The molecule has 1 aromatic carbocycles. The summed E-state index contributed by atoms with van der Waals surface area (Å²) in [6.07, 6.45) is 0.985. The van der Waals surface area contributed by atoms with Gasteiger partial charge in [-0.2, -0.15) is 0 Å². The molecule has 0 aliphatic heterocycles. The Kier molecular flexibility index (Phi) is 4.12. The van der Waals surface area contributed by atoms with Gasteiger partial charge in [0.25, 0.3) is 5.91 Å². The van der Waals surface area contributed by atoms with E-state index in [9.17, 15) is 4.79 Å². The molecular weight excluding hydrogens is 244 g/mol. The molecule has 6 heteroatoms. The second-order valence-electron chi connectivity index (χ2n) is 4.05. The molecule has 0 saturated heterocycles. The number of nitrogens with zero attached hydrogens (tertiary/aromatic N) is 2. The molecule has 0 aliphatic carbocycles. The van der Waals surface area contributed by atoms with Gasteiger partial charge in [-0.3, -0.25) is 10.1 Å². The molecule has 100 valence electrons. The molecule has 0 saturated carbocycles. The summed E-state index contributed by atoms with van der Waals surface area (Å²) >= 11 is 0. The van der Waals surface area contributed by atoms with Crippen LogP contribution < -0.4 is 10.6 Å². The molecule has 0 unspecified atom stereocenters. The van der Waals surface area contributed by atoms with Crippen LogP contribution in [-0.4, -0.2) is 22.6 Å². The Labute approximate surface area is 111 Å². The number of benzene rings is 1. The van der Waals surface area contributed by atoms with Crippen LogP contribution in [0.1, 0.15) is 29.6 Å². The maximum absolute atomic E-state index is 12.1. The molecule has 2 aromatic rings. The Hall–Kier alpha value is -2.37. The molecule has 0 atom stereocenters. The zero-order valence-corrected chi connectivity index (χ0v) is 10.9. The van der Waals surface area contributed by atoms with Crippen molar-refractivity contribution in [2.45, 2.75) is 20.3 Å². The second-order valence-corrected chi connectivity index (χ2v) is 4.05. The van der Waals surface area contributed by atoms with Gasteiger partial charge < -0.3 is 9.73 Å². The van der Waals surface area contributed by atoms with Crippen molar-refractivity contribution in [3.05, 3.63) is 35.7 Å². The third-order valence-electron chi connectivity index (χ3n) is 2.48. The fourth-order valence-corrected chi connectivity index (χ4v) is 1.61. The molecule has 1 amide bonds. The Morgan fingerprint density at radius 3 is 2.79 bits per heavy atom. The molecule has 1 aromatic heterocycles. The second kappa shape index (κ2) is 5.99. The van der Waals surface area contributed by atoms with E-state index >= 15 is 0 Å². The Balaban J connectivity index is 2.14. The molecular formula is C13H16N4O2. The first-order chi connectivity index (χ1) is 9.20. The highest BCUT2D eigenvalue weighted by Gasteiger charge is 2.13. The van der Waals surface area contributed by atoms with Crippen LogP contribution in [0.15, 0.2) is 28.7 Å². The predicted molar refractivity (Wildman–Crippen MR) is 72.2 cm³/mol. The SMILES string of the molecule is CCCNc1ccccc1C(=O)Nc1nnc(C)o1. The van der Waals surface area contributed by atoms with Crippen molar-refractivity contribution in [2.24, 2.45) is 0 Å². The van der Waals surface area contributed by atoms with Crippen molar-refractivity contribution < 1.29 is 9.21 Å². The smallest absolute Gasteiger partial charge is 0.322 e. The number of aryl methyl sites for hydroxylation is 1. The molecule has 0 aliphatic rings. The number of amides is 1. The molecule has 1 heterocycles. The maximum atomic E-state index is 12.1. The van der Waals surface area contributed by atoms with E-state index in [-0.39, 0.29) is 11.9 Å². The van der Waals surface area contributed by atoms with Gasteiger partial charge in [0.2, 0.25) is 5.89 Å². The van der Waals surface area contributed by atoms with E-state index < -0.39 is 0 Å². The summed E-state index contributed by atoms with van der Waals surface area (Å²) in [7, 11) is 0. The summed E-state index contributed by atoms with van der Waals surface area (Å²) in [5, 5.41) is 13.2. The minimum Gasteiger partial charge on any atom is -0.408 e. The Morgan fingerprint density at radius 1 is 1.32 bits per heavy atom. The van der Waals surface area contributed by atoms with E-state index in [1.807, 2.05) is 18.2 Å². The number of carbonyl (C=O) groups excluding carboxylic acids is 1. The van der Waals surface area contributed by atoms with Gasteiger partial charge in [-0.1, -0.05) is 24.2 Å². The lowest BCUT2D eigenvalue weighted by Crippen LogP contribution is -2.15. The van der Waals surface area contributed by atoms with Gasteiger partial charge in [0.15, 0.2) is 0 Å². The summed E-state index contributed by atoms with van der Waals surface area (Å²) in [6, 6.07) is 7.41. The van der Waals surface area contributed by atoms with Crippen molar-refractivity contribution in [1.29, 1.82) is 0 Å². The van der Waals surface area contributed by atoms with Crippen LogP contribution in [0.5, 0.6) is 0 Å². The highest BCUT2D eigenvalue weighted by molar-refractivity contribution is 6.07. The summed E-state index contributed by atoms with van der Waals surface area (Å²) in [5.74, 6) is 0.135. The number of anilines is 2. The third-order valence-corrected chi connectivity index (χ3v) is 2.48. The quantitative estimate of drug-likeness (QED) is 0.863. The topological polar surface area (TPSA) is 80.0 Å². The number of nitrogens with one attached hydrogen (secondary N) is 2. The van der Waals surface area contributed by atoms with E-state index in [2.05, 4.69) is 27.8 Å². The van der Waals surface area contributed by atoms with Gasteiger partial charge in [0.05, 0.1) is 5.56 Å². The number of para-hydroxylation sites is 1. The van der Waals surface area contributed by atoms with Crippen LogP contribution in [0.2, 0.25) is 0 Å². The molecule has 2 N–H and O–H groups in total. The van der Waals surface area contributed by atoms with Crippen molar-refractivity contribution in [1.82, 2.24) is 10.2 Å². The fourth-order valence-electron chi connectivity index (χ4n) is 1.61. The monoisotopic (exact) mass is 260 g/mol. The molecule has 0 bridgehead atoms. The van der Waals surface area contributed by atoms with E-state index in [1.54, 1.807) is 13.0 Å². The third kappa shape index (κ3) is 3.31. The molecule has 6 nitrogen and oxygen atoms in total. The predicted octanol–water partition coefficient (Wildman–Crippen LogP) is 2.45. The molecule has 19 heavy (non-hydrogen) atoms. The molecule has 2 rings (SSSR count). The van der Waals surface area contributed by atoms with E-state index in [4.69, 9.17) is 4.42 Å². The van der Waals surface area contributed by atoms with E-state index in [0.717, 1.165) is 18.7 Å². The molecule has 0 fully saturated rings. The minimum absolute atomic E-state index is 0.104. The van der Waals surface area contributed by atoms with Crippen LogP contribution in [0.25, 0.3) is 0 Å². The van der Waals surface area contributed by atoms with E-state index in [0.29, 0.717) is 11.5 Å². The first-order valence-corrected chi connectivity index (χ1v) is 6.15. The van der Waals surface area contributed by atoms with Crippen LogP contribution in [-0.2, 0) is 0 Å². The highest BCUT2D eigenvalue weighted by atomic mass is 16.4. The fraction of sp³-hybridized carbons (Fsp3) is 0.308. The van der Waals surface area contributed by atoms with Crippen LogP contribution in [0.3, 0.4) is 0 Å². The van der Waals surface area contributed by atoms with Gasteiger partial charge >= 0.3 is 6.01 Å². The lowest BCUT2D eigenvalue weighted by atomic mass is 10.1. The average Bonchev–Trinajstić information content (AvgIpc) is 2.82. The number of rotatable bonds is 5. The minimum atomic E-state index is -0.275. The van der Waals surface area contributed by atoms with Crippen molar-refractivity contribution in [3.8, 4) is 0 Å². The largest absolute Gasteiger partial charge is 0.408 e. The van der Waals surface area contributed by atoms with Gasteiger partial charge in [-0.05, 0) is 18.6 Å². The molecule has 0 radical (unpaired) electrons. The maximum Gasteiger partial charge on any atom is 0.322 e. The first kappa shape index (κ1) is 13.1.